The molecule has 0 atom stereocenters. The van der Waals surface area contributed by atoms with Gasteiger partial charge in [0.15, 0.2) is 0 Å². The topological polar surface area (TPSA) is 52.5 Å². The second-order valence-corrected chi connectivity index (χ2v) is 2.51. The third-order valence-corrected chi connectivity index (χ3v) is 0.543. The summed E-state index contributed by atoms with van der Waals surface area (Å²) >= 11 is 8.65. The number of hydrogen-bond acceptors (Lipinski definition) is 4. The fourth-order valence-electron chi connectivity index (χ4n) is 0.193. The molecular weight excluding hydrogens is 146 g/mol. The van der Waals surface area contributed by atoms with E-state index in [1.807, 2.05) is 5.32 Å². The van der Waals surface area contributed by atoms with E-state index in [1.54, 1.807) is 0 Å². The van der Waals surface area contributed by atoms with E-state index in [-0.39, 0.29) is 4.32 Å². The lowest BCUT2D eigenvalue weighted by molar-refractivity contribution is -0.154. The first-order valence-electron chi connectivity index (χ1n) is 1.86. The van der Waals surface area contributed by atoms with Crippen LogP contribution in [-0.4, -0.2) is 20.4 Å². The largest absolute Gasteiger partial charge is 0.411 e. The third-order valence-electron chi connectivity index (χ3n) is 0.339. The van der Waals surface area contributed by atoms with Crippen molar-refractivity contribution >= 4 is 29.2 Å². The van der Waals surface area contributed by atoms with Gasteiger partial charge >= 0.3 is 0 Å². The van der Waals surface area contributed by atoms with E-state index in [2.05, 4.69) is 24.8 Å². The Morgan fingerprint density at radius 1 is 1.75 bits per heavy atom. The van der Waals surface area contributed by atoms with Gasteiger partial charge in [0.05, 0.1) is 0 Å². The molecule has 3 nitrogen and oxygen atoms in total. The summed E-state index contributed by atoms with van der Waals surface area (Å²) in [5, 5.41) is 19.0. The van der Waals surface area contributed by atoms with Gasteiger partial charge in [0, 0.05) is 6.92 Å². The molecule has 0 spiro atoms. The van der Waals surface area contributed by atoms with Gasteiger partial charge in [0.25, 0.3) is 0 Å². The Morgan fingerprint density at radius 3 is 2.12 bits per heavy atom. The van der Waals surface area contributed by atoms with Crippen LogP contribution >= 0.6 is 12.2 Å². The van der Waals surface area contributed by atoms with Crippen LogP contribution in [-0.2, 0) is 12.6 Å². The highest BCUT2D eigenvalue weighted by Gasteiger charge is 2.10. The van der Waals surface area contributed by atoms with Crippen molar-refractivity contribution in [1.82, 2.24) is 5.32 Å². The summed E-state index contributed by atoms with van der Waals surface area (Å²) in [6.07, 6.45) is 0. The molecule has 5 heteroatoms. The normalized spacial score (nSPS) is 10.9. The SMILES string of the molecule is CC(O)(O)NC(=S)[S-]. The van der Waals surface area contributed by atoms with Crippen molar-refractivity contribution < 1.29 is 10.2 Å². The summed E-state index contributed by atoms with van der Waals surface area (Å²) < 4.78 is -0.0579. The fourth-order valence-corrected chi connectivity index (χ4v) is 0.580. The van der Waals surface area contributed by atoms with Crippen LogP contribution < -0.4 is 5.32 Å². The minimum absolute atomic E-state index is 0.0579. The Labute approximate surface area is 58.1 Å². The molecule has 0 aliphatic heterocycles. The van der Waals surface area contributed by atoms with Crippen LogP contribution in [0.2, 0.25) is 0 Å². The van der Waals surface area contributed by atoms with Gasteiger partial charge in [0.2, 0.25) is 5.91 Å². The van der Waals surface area contributed by atoms with Gasteiger partial charge in [-0.25, -0.2) is 0 Å². The van der Waals surface area contributed by atoms with E-state index < -0.39 is 5.91 Å². The molecular formula is C3H6NO2S2-. The van der Waals surface area contributed by atoms with Crippen molar-refractivity contribution in [3.63, 3.8) is 0 Å². The van der Waals surface area contributed by atoms with Crippen LogP contribution in [0, 0.1) is 0 Å². The maximum atomic E-state index is 8.48. The van der Waals surface area contributed by atoms with Crippen LogP contribution in [0.25, 0.3) is 0 Å². The van der Waals surface area contributed by atoms with E-state index >= 15 is 0 Å². The summed E-state index contributed by atoms with van der Waals surface area (Å²) in [5.41, 5.74) is 0. The summed E-state index contributed by atoms with van der Waals surface area (Å²) in [5.74, 6) is -1.97. The van der Waals surface area contributed by atoms with Gasteiger partial charge in [0.1, 0.15) is 0 Å². The fraction of sp³-hybridized carbons (Fsp3) is 0.667. The lowest BCUT2D eigenvalue weighted by atomic mass is 10.6. The smallest absolute Gasteiger partial charge is 0.239 e. The van der Waals surface area contributed by atoms with Crippen molar-refractivity contribution in [1.29, 1.82) is 0 Å². The van der Waals surface area contributed by atoms with E-state index in [0.29, 0.717) is 0 Å². The van der Waals surface area contributed by atoms with Crippen molar-refractivity contribution in [2.24, 2.45) is 0 Å². The zero-order chi connectivity index (χ0) is 6.78. The number of hydrogen-bond donors (Lipinski definition) is 3. The Kier molecular flexibility index (Phi) is 2.55. The molecule has 0 radical (unpaired) electrons. The second kappa shape index (κ2) is 2.54. The molecule has 0 aliphatic rings. The first-order valence-corrected chi connectivity index (χ1v) is 2.67. The molecule has 0 aliphatic carbocycles. The highest BCUT2D eigenvalue weighted by molar-refractivity contribution is 8.00. The van der Waals surface area contributed by atoms with Crippen LogP contribution in [0.4, 0.5) is 0 Å². The van der Waals surface area contributed by atoms with Gasteiger partial charge in [-0.1, -0.05) is 4.32 Å². The Balaban J connectivity index is 3.55. The minimum Gasteiger partial charge on any atom is -0.411 e. The minimum atomic E-state index is -1.97. The van der Waals surface area contributed by atoms with Crippen molar-refractivity contribution in [3.8, 4) is 0 Å². The summed E-state index contributed by atoms with van der Waals surface area (Å²) in [4.78, 5) is 0. The standard InChI is InChI=1S/C3H7NO2S2/c1-3(5,6)4-2(7)8/h5-6H,1H3,(H2,4,7,8)/p-1. The predicted molar refractivity (Wildman–Crippen MR) is 35.9 cm³/mol. The Bertz CT molecular complexity index is 97.9. The molecule has 0 amide bonds. The molecule has 0 aromatic heterocycles. The summed E-state index contributed by atoms with van der Waals surface area (Å²) in [6.45, 7) is 1.13. The molecule has 3 N–H and O–H groups in total. The quantitative estimate of drug-likeness (QED) is 0.257. The van der Waals surface area contributed by atoms with Gasteiger partial charge in [-0.05, 0) is 0 Å². The van der Waals surface area contributed by atoms with E-state index in [0.717, 1.165) is 6.92 Å². The van der Waals surface area contributed by atoms with Gasteiger partial charge in [-0.2, -0.15) is 0 Å². The lowest BCUT2D eigenvalue weighted by Gasteiger charge is -2.20. The Hall–Kier alpha value is 0.0300. The molecule has 0 unspecified atom stereocenters. The highest BCUT2D eigenvalue weighted by Crippen LogP contribution is 1.87. The predicted octanol–water partition coefficient (Wildman–Crippen LogP) is -0.934. The molecule has 0 aromatic rings. The maximum absolute atomic E-state index is 8.48. The zero-order valence-corrected chi connectivity index (χ0v) is 5.84. The van der Waals surface area contributed by atoms with Crippen molar-refractivity contribution in [2.45, 2.75) is 12.8 Å². The number of rotatable bonds is 1. The molecule has 0 saturated carbocycles. The zero-order valence-electron chi connectivity index (χ0n) is 4.21. The van der Waals surface area contributed by atoms with E-state index in [9.17, 15) is 0 Å². The number of nitrogens with one attached hydrogen (secondary N) is 1. The Morgan fingerprint density at radius 2 is 2.12 bits per heavy atom. The van der Waals surface area contributed by atoms with Crippen molar-refractivity contribution in [2.75, 3.05) is 0 Å². The molecule has 0 heterocycles. The summed E-state index contributed by atoms with van der Waals surface area (Å²) in [7, 11) is 0. The lowest BCUT2D eigenvalue weighted by Crippen LogP contribution is -2.43. The van der Waals surface area contributed by atoms with E-state index in [1.165, 1.54) is 0 Å². The van der Waals surface area contributed by atoms with Crippen LogP contribution in [0.3, 0.4) is 0 Å². The van der Waals surface area contributed by atoms with Gasteiger partial charge in [-0.15, -0.1) is 0 Å². The summed E-state index contributed by atoms with van der Waals surface area (Å²) in [6, 6.07) is 0. The van der Waals surface area contributed by atoms with Crippen LogP contribution in [0.15, 0.2) is 0 Å². The third kappa shape index (κ3) is 6.03. The number of thiocarbonyl (C=S) groups is 1. The first-order chi connectivity index (χ1) is 3.42. The average Bonchev–Trinajstić information content (AvgIpc) is 1.21. The van der Waals surface area contributed by atoms with Crippen molar-refractivity contribution in [3.05, 3.63) is 0 Å². The van der Waals surface area contributed by atoms with E-state index in [4.69, 9.17) is 10.2 Å². The first kappa shape index (κ1) is 8.03. The molecule has 0 rings (SSSR count). The molecule has 0 aromatic carbocycles. The highest BCUT2D eigenvalue weighted by atomic mass is 32.1. The average molecular weight is 152 g/mol. The second-order valence-electron chi connectivity index (χ2n) is 1.43. The molecule has 0 bridgehead atoms. The molecule has 0 fully saturated rings. The van der Waals surface area contributed by atoms with Crippen LogP contribution in [0.1, 0.15) is 6.92 Å². The van der Waals surface area contributed by atoms with Gasteiger partial charge < -0.3 is 40.4 Å². The molecule has 0 saturated heterocycles. The molecule has 48 valence electrons. The molecule has 8 heavy (non-hydrogen) atoms. The number of aliphatic hydroxyl groups is 2. The van der Waals surface area contributed by atoms with Crippen LogP contribution in [0.5, 0.6) is 0 Å². The van der Waals surface area contributed by atoms with Gasteiger partial charge in [-0.3, -0.25) is 0 Å². The monoisotopic (exact) mass is 152 g/mol. The maximum Gasteiger partial charge on any atom is 0.239 e.